The number of nitro groups is 1. The molecule has 92 valence electrons. The molecule has 5 nitrogen and oxygen atoms in total. The van der Waals surface area contributed by atoms with Gasteiger partial charge in [-0.05, 0) is 17.7 Å². The Hall–Kier alpha value is -1.92. The minimum atomic E-state index is -0.444. The van der Waals surface area contributed by atoms with E-state index in [1.807, 2.05) is 12.1 Å². The van der Waals surface area contributed by atoms with Crippen LogP contribution in [0, 0.1) is 10.1 Å². The zero-order valence-electron chi connectivity index (χ0n) is 9.31. The lowest BCUT2D eigenvalue weighted by atomic mass is 10.2. The van der Waals surface area contributed by atoms with Crippen molar-refractivity contribution in [2.75, 3.05) is 0 Å². The van der Waals surface area contributed by atoms with Gasteiger partial charge in [-0.3, -0.25) is 10.1 Å². The number of aliphatic hydroxyl groups excluding tert-OH is 1. The maximum Gasteiger partial charge on any atom is 0.273 e. The number of hydrogen-bond donors (Lipinski definition) is 1. The van der Waals surface area contributed by atoms with E-state index < -0.39 is 4.92 Å². The third kappa shape index (κ3) is 3.06. The molecule has 2 rings (SSSR count). The van der Waals surface area contributed by atoms with Crippen molar-refractivity contribution in [2.45, 2.75) is 16.5 Å². The normalized spacial score (nSPS) is 10.3. The third-order valence-electron chi connectivity index (χ3n) is 2.26. The first kappa shape index (κ1) is 12.5. The van der Waals surface area contributed by atoms with Gasteiger partial charge in [-0.15, -0.1) is 0 Å². The quantitative estimate of drug-likeness (QED) is 0.677. The van der Waals surface area contributed by atoms with E-state index in [2.05, 4.69) is 4.98 Å². The van der Waals surface area contributed by atoms with Crippen LogP contribution in [0.4, 0.5) is 5.69 Å². The van der Waals surface area contributed by atoms with E-state index in [0.717, 1.165) is 10.5 Å². The lowest BCUT2D eigenvalue weighted by Gasteiger charge is -2.01. The van der Waals surface area contributed by atoms with Gasteiger partial charge in [0.1, 0.15) is 5.03 Å². The van der Waals surface area contributed by atoms with Gasteiger partial charge < -0.3 is 5.11 Å². The zero-order chi connectivity index (χ0) is 13.0. The van der Waals surface area contributed by atoms with Crippen molar-refractivity contribution in [3.8, 4) is 0 Å². The van der Waals surface area contributed by atoms with Gasteiger partial charge in [0.2, 0.25) is 0 Å². The average Bonchev–Trinajstić information content (AvgIpc) is 2.40. The van der Waals surface area contributed by atoms with Crippen LogP contribution in [-0.2, 0) is 6.61 Å². The van der Waals surface area contributed by atoms with Crippen LogP contribution < -0.4 is 0 Å². The predicted octanol–water partition coefficient (Wildman–Crippen LogP) is 2.63. The number of benzene rings is 1. The largest absolute Gasteiger partial charge is 0.392 e. The summed E-state index contributed by atoms with van der Waals surface area (Å²) in [6, 6.07) is 10.1. The molecule has 0 radical (unpaired) electrons. The minimum Gasteiger partial charge on any atom is -0.392 e. The highest BCUT2D eigenvalue weighted by Crippen LogP contribution is 2.28. The van der Waals surface area contributed by atoms with E-state index in [0.29, 0.717) is 5.03 Å². The number of pyridine rings is 1. The highest BCUT2D eigenvalue weighted by atomic mass is 32.2. The molecule has 6 heteroatoms. The number of nitrogens with zero attached hydrogens (tertiary/aromatic N) is 2. The first-order valence-electron chi connectivity index (χ1n) is 5.17. The minimum absolute atomic E-state index is 0.00000539. The Kier molecular flexibility index (Phi) is 3.91. The summed E-state index contributed by atoms with van der Waals surface area (Å²) >= 11 is 1.34. The summed E-state index contributed by atoms with van der Waals surface area (Å²) in [6.07, 6.45) is 1.42. The van der Waals surface area contributed by atoms with Crippen molar-refractivity contribution in [2.24, 2.45) is 0 Å². The molecule has 1 aromatic heterocycles. The van der Waals surface area contributed by atoms with Crippen LogP contribution in [0.15, 0.2) is 52.5 Å². The van der Waals surface area contributed by atoms with Crippen LogP contribution in [0.3, 0.4) is 0 Å². The van der Waals surface area contributed by atoms with E-state index in [4.69, 9.17) is 5.11 Å². The van der Waals surface area contributed by atoms with Crippen molar-refractivity contribution in [3.63, 3.8) is 0 Å². The zero-order valence-corrected chi connectivity index (χ0v) is 10.1. The van der Waals surface area contributed by atoms with Gasteiger partial charge in [0, 0.05) is 23.2 Å². The fourth-order valence-electron chi connectivity index (χ4n) is 1.35. The molecule has 0 spiro atoms. The van der Waals surface area contributed by atoms with Crippen molar-refractivity contribution < 1.29 is 10.0 Å². The summed E-state index contributed by atoms with van der Waals surface area (Å²) in [6.45, 7) is 0.00000539. The number of aromatic nitrogens is 1. The van der Waals surface area contributed by atoms with Crippen LogP contribution >= 0.6 is 11.8 Å². The van der Waals surface area contributed by atoms with Crippen LogP contribution in [-0.4, -0.2) is 15.0 Å². The molecule has 0 atom stereocenters. The fourth-order valence-corrected chi connectivity index (χ4v) is 2.16. The summed E-state index contributed by atoms with van der Waals surface area (Å²) in [4.78, 5) is 15.2. The number of hydrogen-bond acceptors (Lipinski definition) is 5. The van der Waals surface area contributed by atoms with E-state index in [1.54, 1.807) is 12.1 Å². The maximum atomic E-state index is 10.6. The summed E-state index contributed by atoms with van der Waals surface area (Å²) in [7, 11) is 0. The first-order valence-corrected chi connectivity index (χ1v) is 5.99. The van der Waals surface area contributed by atoms with Gasteiger partial charge in [-0.1, -0.05) is 23.9 Å². The maximum absolute atomic E-state index is 10.6. The molecule has 1 N–H and O–H groups in total. The Morgan fingerprint density at radius 3 is 2.61 bits per heavy atom. The standard InChI is InChI=1S/C12H10N2O3S/c15-8-9-1-3-11(4-2-9)18-12-7-10(14(16)17)5-6-13-12/h1-7,15H,8H2. The van der Waals surface area contributed by atoms with Crippen LogP contribution in [0.1, 0.15) is 5.56 Å². The van der Waals surface area contributed by atoms with Crippen molar-refractivity contribution >= 4 is 17.4 Å². The Balaban J connectivity index is 2.17. The second-order valence-corrected chi connectivity index (χ2v) is 4.61. The smallest absolute Gasteiger partial charge is 0.273 e. The van der Waals surface area contributed by atoms with Gasteiger partial charge in [0.15, 0.2) is 0 Å². The summed E-state index contributed by atoms with van der Waals surface area (Å²) < 4.78 is 0. The van der Waals surface area contributed by atoms with Crippen molar-refractivity contribution in [1.29, 1.82) is 0 Å². The summed E-state index contributed by atoms with van der Waals surface area (Å²) in [5, 5.41) is 20.1. The van der Waals surface area contributed by atoms with Crippen molar-refractivity contribution in [1.82, 2.24) is 4.98 Å². The second kappa shape index (κ2) is 5.61. The lowest BCUT2D eigenvalue weighted by molar-refractivity contribution is -0.385. The highest BCUT2D eigenvalue weighted by Gasteiger charge is 2.07. The van der Waals surface area contributed by atoms with E-state index in [-0.39, 0.29) is 12.3 Å². The van der Waals surface area contributed by atoms with Gasteiger partial charge in [0.05, 0.1) is 11.5 Å². The molecule has 2 aromatic rings. The van der Waals surface area contributed by atoms with E-state index in [9.17, 15) is 10.1 Å². The molecule has 0 bridgehead atoms. The Labute approximate surface area is 108 Å². The Morgan fingerprint density at radius 2 is 2.00 bits per heavy atom. The van der Waals surface area contributed by atoms with Gasteiger partial charge in [-0.25, -0.2) is 4.98 Å². The molecule has 0 aliphatic heterocycles. The molecule has 1 heterocycles. The third-order valence-corrected chi connectivity index (χ3v) is 3.20. The van der Waals surface area contributed by atoms with Crippen LogP contribution in [0.25, 0.3) is 0 Å². The SMILES string of the molecule is O=[N+]([O-])c1ccnc(Sc2ccc(CO)cc2)c1. The number of rotatable bonds is 4. The molecule has 0 saturated heterocycles. The monoisotopic (exact) mass is 262 g/mol. The first-order chi connectivity index (χ1) is 8.69. The molecule has 0 unspecified atom stereocenters. The fraction of sp³-hybridized carbons (Fsp3) is 0.0833. The molecule has 0 fully saturated rings. The van der Waals surface area contributed by atoms with E-state index >= 15 is 0 Å². The molecular weight excluding hydrogens is 252 g/mol. The number of aliphatic hydroxyl groups is 1. The predicted molar refractivity (Wildman–Crippen MR) is 67.4 cm³/mol. The van der Waals surface area contributed by atoms with Crippen molar-refractivity contribution in [3.05, 3.63) is 58.3 Å². The topological polar surface area (TPSA) is 76.3 Å². The van der Waals surface area contributed by atoms with Crippen LogP contribution in [0.2, 0.25) is 0 Å². The molecule has 0 aliphatic carbocycles. The average molecular weight is 262 g/mol. The second-order valence-electron chi connectivity index (χ2n) is 3.51. The molecular formula is C12H10N2O3S. The van der Waals surface area contributed by atoms with Crippen LogP contribution in [0.5, 0.6) is 0 Å². The van der Waals surface area contributed by atoms with E-state index in [1.165, 1.54) is 30.1 Å². The molecule has 0 amide bonds. The van der Waals surface area contributed by atoms with Gasteiger partial charge in [-0.2, -0.15) is 0 Å². The molecule has 1 aromatic carbocycles. The lowest BCUT2D eigenvalue weighted by Crippen LogP contribution is -1.89. The molecule has 0 saturated carbocycles. The Morgan fingerprint density at radius 1 is 1.28 bits per heavy atom. The molecule has 18 heavy (non-hydrogen) atoms. The Bertz CT molecular complexity index is 558. The summed E-state index contributed by atoms with van der Waals surface area (Å²) in [5.41, 5.74) is 0.853. The van der Waals surface area contributed by atoms with Gasteiger partial charge >= 0.3 is 0 Å². The molecule has 0 aliphatic rings. The highest BCUT2D eigenvalue weighted by molar-refractivity contribution is 7.99. The van der Waals surface area contributed by atoms with Gasteiger partial charge in [0.25, 0.3) is 5.69 Å². The summed E-state index contributed by atoms with van der Waals surface area (Å²) in [5.74, 6) is 0.